The van der Waals surface area contributed by atoms with E-state index >= 15 is 0 Å². The van der Waals surface area contributed by atoms with Gasteiger partial charge in [0.2, 0.25) is 15.9 Å². The summed E-state index contributed by atoms with van der Waals surface area (Å²) in [7, 11) is -0.450. The Morgan fingerprint density at radius 3 is 2.36 bits per heavy atom. The highest BCUT2D eigenvalue weighted by atomic mass is 35.5. The van der Waals surface area contributed by atoms with Gasteiger partial charge in [0.05, 0.1) is 4.90 Å². The fourth-order valence-corrected chi connectivity index (χ4v) is 3.31. The Labute approximate surface area is 153 Å². The van der Waals surface area contributed by atoms with Gasteiger partial charge in [-0.2, -0.15) is 0 Å². The fourth-order valence-electron chi connectivity index (χ4n) is 2.24. The number of anilines is 1. The minimum absolute atomic E-state index is 0.115. The highest BCUT2D eigenvalue weighted by Crippen LogP contribution is 2.20. The second-order valence-electron chi connectivity index (χ2n) is 5.94. The quantitative estimate of drug-likeness (QED) is 0.834. The molecule has 0 aliphatic heterocycles. The van der Waals surface area contributed by atoms with E-state index in [4.69, 9.17) is 11.6 Å². The SMILES string of the molecule is Cc1ccc(Cl)cc1NC(=O)CCc1ccc(S(=O)(=O)N(C)C)cc1. The Morgan fingerprint density at radius 1 is 1.12 bits per heavy atom. The number of sulfonamides is 1. The lowest BCUT2D eigenvalue weighted by molar-refractivity contribution is -0.116. The van der Waals surface area contributed by atoms with Crippen LogP contribution >= 0.6 is 11.6 Å². The van der Waals surface area contributed by atoms with Gasteiger partial charge in [0, 0.05) is 31.2 Å². The first-order valence-electron chi connectivity index (χ1n) is 7.77. The van der Waals surface area contributed by atoms with E-state index in [2.05, 4.69) is 5.32 Å². The van der Waals surface area contributed by atoms with Crippen molar-refractivity contribution in [1.29, 1.82) is 0 Å². The molecule has 2 aromatic rings. The van der Waals surface area contributed by atoms with Crippen LogP contribution in [0.1, 0.15) is 17.5 Å². The second-order valence-corrected chi connectivity index (χ2v) is 8.53. The predicted octanol–water partition coefficient (Wildman–Crippen LogP) is 3.47. The highest BCUT2D eigenvalue weighted by Gasteiger charge is 2.16. The molecular weight excluding hydrogens is 360 g/mol. The van der Waals surface area contributed by atoms with Gasteiger partial charge < -0.3 is 5.32 Å². The average Bonchev–Trinajstić information content (AvgIpc) is 2.56. The zero-order valence-corrected chi connectivity index (χ0v) is 16.0. The van der Waals surface area contributed by atoms with Crippen molar-refractivity contribution in [3.8, 4) is 0 Å². The molecular formula is C18H21ClN2O3S. The third-order valence-corrected chi connectivity index (χ3v) is 5.88. The zero-order chi connectivity index (χ0) is 18.6. The van der Waals surface area contributed by atoms with Crippen LogP contribution in [0.2, 0.25) is 5.02 Å². The smallest absolute Gasteiger partial charge is 0.242 e. The van der Waals surface area contributed by atoms with Crippen LogP contribution < -0.4 is 5.32 Å². The van der Waals surface area contributed by atoms with Crippen molar-refractivity contribution in [3.63, 3.8) is 0 Å². The number of hydrogen-bond acceptors (Lipinski definition) is 3. The Kier molecular flexibility index (Phi) is 6.21. The molecule has 1 amide bonds. The average molecular weight is 381 g/mol. The van der Waals surface area contributed by atoms with Gasteiger partial charge in [-0.05, 0) is 48.7 Å². The molecule has 0 spiro atoms. The summed E-state index contributed by atoms with van der Waals surface area (Å²) >= 11 is 5.94. The number of carbonyl (C=O) groups excluding carboxylic acids is 1. The first kappa shape index (κ1) is 19.4. The number of nitrogens with zero attached hydrogens (tertiary/aromatic N) is 1. The van der Waals surface area contributed by atoms with Crippen molar-refractivity contribution in [2.75, 3.05) is 19.4 Å². The molecule has 0 atom stereocenters. The summed E-state index contributed by atoms with van der Waals surface area (Å²) in [4.78, 5) is 12.3. The monoisotopic (exact) mass is 380 g/mol. The number of aryl methyl sites for hydroxylation is 2. The molecule has 2 rings (SSSR count). The number of halogens is 1. The zero-order valence-electron chi connectivity index (χ0n) is 14.4. The summed E-state index contributed by atoms with van der Waals surface area (Å²) in [6, 6.07) is 11.9. The van der Waals surface area contributed by atoms with Crippen LogP contribution in [0, 0.1) is 6.92 Å². The highest BCUT2D eigenvalue weighted by molar-refractivity contribution is 7.89. The third-order valence-electron chi connectivity index (χ3n) is 3.82. The third kappa shape index (κ3) is 5.04. The fraction of sp³-hybridized carbons (Fsp3) is 0.278. The van der Waals surface area contributed by atoms with Gasteiger partial charge in [-0.3, -0.25) is 4.79 Å². The van der Waals surface area contributed by atoms with Gasteiger partial charge in [-0.25, -0.2) is 12.7 Å². The first-order valence-corrected chi connectivity index (χ1v) is 9.59. The molecule has 0 aliphatic rings. The van der Waals surface area contributed by atoms with E-state index in [9.17, 15) is 13.2 Å². The molecule has 1 N–H and O–H groups in total. The molecule has 0 fully saturated rings. The number of rotatable bonds is 6. The maximum Gasteiger partial charge on any atom is 0.242 e. The normalized spacial score (nSPS) is 11.6. The number of nitrogens with one attached hydrogen (secondary N) is 1. The minimum Gasteiger partial charge on any atom is -0.326 e. The standard InChI is InChI=1S/C18H21ClN2O3S/c1-13-4-8-15(19)12-17(13)20-18(22)11-7-14-5-9-16(10-6-14)25(23,24)21(2)3/h4-6,8-10,12H,7,11H2,1-3H3,(H,20,22). The van der Waals surface area contributed by atoms with Gasteiger partial charge >= 0.3 is 0 Å². The molecule has 2 aromatic carbocycles. The van der Waals surface area contributed by atoms with Crippen molar-refractivity contribution >= 4 is 33.2 Å². The Morgan fingerprint density at radius 2 is 1.76 bits per heavy atom. The van der Waals surface area contributed by atoms with Crippen LogP contribution in [0.3, 0.4) is 0 Å². The Bertz CT molecular complexity index is 862. The first-order chi connectivity index (χ1) is 11.7. The van der Waals surface area contributed by atoms with Crippen molar-refractivity contribution in [2.45, 2.75) is 24.7 Å². The summed E-state index contributed by atoms with van der Waals surface area (Å²) in [6.07, 6.45) is 0.819. The van der Waals surface area contributed by atoms with E-state index in [0.29, 0.717) is 23.6 Å². The van der Waals surface area contributed by atoms with Gasteiger partial charge in [-0.1, -0.05) is 29.8 Å². The van der Waals surface area contributed by atoms with Crippen LogP contribution in [0.4, 0.5) is 5.69 Å². The van der Waals surface area contributed by atoms with Crippen LogP contribution in [0.15, 0.2) is 47.4 Å². The van der Waals surface area contributed by atoms with Crippen molar-refractivity contribution < 1.29 is 13.2 Å². The van der Waals surface area contributed by atoms with Gasteiger partial charge in [-0.15, -0.1) is 0 Å². The molecule has 25 heavy (non-hydrogen) atoms. The number of carbonyl (C=O) groups is 1. The molecule has 7 heteroatoms. The Balaban J connectivity index is 1.97. The summed E-state index contributed by atoms with van der Waals surface area (Å²) in [6.45, 7) is 1.90. The lowest BCUT2D eigenvalue weighted by Gasteiger charge is -2.12. The lowest BCUT2D eigenvalue weighted by Crippen LogP contribution is -2.22. The van der Waals surface area contributed by atoms with E-state index in [0.717, 1.165) is 11.1 Å². The maximum absolute atomic E-state index is 12.1. The number of hydrogen-bond donors (Lipinski definition) is 1. The Hall–Kier alpha value is -1.89. The van der Waals surface area contributed by atoms with Gasteiger partial charge in [0.15, 0.2) is 0 Å². The van der Waals surface area contributed by atoms with Gasteiger partial charge in [0.25, 0.3) is 0 Å². The van der Waals surface area contributed by atoms with Crippen molar-refractivity contribution in [2.24, 2.45) is 0 Å². The molecule has 5 nitrogen and oxygen atoms in total. The topological polar surface area (TPSA) is 66.5 Å². The predicted molar refractivity (Wildman–Crippen MR) is 100 cm³/mol. The van der Waals surface area contributed by atoms with Crippen LogP contribution in [-0.4, -0.2) is 32.7 Å². The van der Waals surface area contributed by atoms with E-state index in [1.807, 2.05) is 13.0 Å². The van der Waals surface area contributed by atoms with Crippen LogP contribution in [0.25, 0.3) is 0 Å². The minimum atomic E-state index is -3.43. The molecule has 0 radical (unpaired) electrons. The van der Waals surface area contributed by atoms with Crippen LogP contribution in [0.5, 0.6) is 0 Å². The molecule has 0 bridgehead atoms. The van der Waals surface area contributed by atoms with Crippen LogP contribution in [-0.2, 0) is 21.2 Å². The second kappa shape index (κ2) is 7.99. The largest absolute Gasteiger partial charge is 0.326 e. The summed E-state index contributed by atoms with van der Waals surface area (Å²) in [5.41, 5.74) is 2.54. The molecule has 0 unspecified atom stereocenters. The van der Waals surface area contributed by atoms with Crippen molar-refractivity contribution in [1.82, 2.24) is 4.31 Å². The van der Waals surface area contributed by atoms with E-state index in [1.165, 1.54) is 18.4 Å². The van der Waals surface area contributed by atoms with E-state index in [1.54, 1.807) is 36.4 Å². The molecule has 0 aliphatic carbocycles. The molecule has 0 saturated carbocycles. The van der Waals surface area contributed by atoms with E-state index in [-0.39, 0.29) is 10.8 Å². The number of amides is 1. The maximum atomic E-state index is 12.1. The van der Waals surface area contributed by atoms with Gasteiger partial charge in [0.1, 0.15) is 0 Å². The van der Waals surface area contributed by atoms with Crippen molar-refractivity contribution in [3.05, 3.63) is 58.6 Å². The molecule has 0 saturated heterocycles. The number of benzene rings is 2. The molecule has 0 aromatic heterocycles. The van der Waals surface area contributed by atoms with E-state index < -0.39 is 10.0 Å². The summed E-state index contributed by atoms with van der Waals surface area (Å²) in [5, 5.41) is 3.41. The summed E-state index contributed by atoms with van der Waals surface area (Å²) < 4.78 is 25.2. The molecule has 134 valence electrons. The lowest BCUT2D eigenvalue weighted by atomic mass is 10.1. The molecule has 0 heterocycles. The summed E-state index contributed by atoms with van der Waals surface area (Å²) in [5.74, 6) is -0.115.